The van der Waals surface area contributed by atoms with Crippen LogP contribution in [-0.4, -0.2) is 48.3 Å². The second kappa shape index (κ2) is 12.1. The molecule has 2 heterocycles. The van der Waals surface area contributed by atoms with Crippen LogP contribution in [0.3, 0.4) is 0 Å². The number of benzene rings is 3. The molecule has 0 aliphatic rings. The minimum Gasteiger partial charge on any atom is -0.491 e. The van der Waals surface area contributed by atoms with Crippen molar-refractivity contribution in [2.75, 3.05) is 6.61 Å². The molecule has 0 saturated carbocycles. The van der Waals surface area contributed by atoms with Gasteiger partial charge in [-0.1, -0.05) is 0 Å². The monoisotopic (exact) mass is 571 g/mol. The predicted molar refractivity (Wildman–Crippen MR) is 153 cm³/mol. The van der Waals surface area contributed by atoms with E-state index in [4.69, 9.17) is 29.4 Å². The van der Waals surface area contributed by atoms with Gasteiger partial charge in [0.1, 0.15) is 29.7 Å². The molecule has 0 bridgehead atoms. The second-order valence-electron chi connectivity index (χ2n) is 9.85. The fourth-order valence-electron chi connectivity index (χ4n) is 4.34. The lowest BCUT2D eigenvalue weighted by atomic mass is 10.2. The first-order valence-electron chi connectivity index (χ1n) is 13.3. The molecular weight excluding hydrogens is 541 g/mol. The van der Waals surface area contributed by atoms with Crippen LogP contribution < -0.4 is 14.2 Å². The van der Waals surface area contributed by atoms with Crippen molar-refractivity contribution in [3.63, 3.8) is 0 Å². The zero-order valence-corrected chi connectivity index (χ0v) is 23.6. The highest BCUT2D eigenvalue weighted by Gasteiger charge is 2.20. The van der Waals surface area contributed by atoms with Crippen LogP contribution in [0, 0.1) is 19.7 Å². The highest BCUT2D eigenvalue weighted by molar-refractivity contribution is 5.68. The third-order valence-corrected chi connectivity index (χ3v) is 6.29. The maximum Gasteiger partial charge on any atom is 0.341 e. The number of carbonyl (C=O) groups is 1. The average molecular weight is 572 g/mol. The second-order valence-corrected chi connectivity index (χ2v) is 9.85. The molecule has 0 amide bonds. The van der Waals surface area contributed by atoms with Crippen LogP contribution in [-0.2, 0) is 11.4 Å². The Morgan fingerprint density at radius 2 is 1.60 bits per heavy atom. The molecule has 0 atom stereocenters. The molecular formula is C31H30FN5O5. The van der Waals surface area contributed by atoms with E-state index in [1.54, 1.807) is 45.9 Å². The van der Waals surface area contributed by atoms with Crippen molar-refractivity contribution in [2.45, 2.75) is 40.4 Å². The first kappa shape index (κ1) is 28.3. The predicted octanol–water partition coefficient (Wildman–Crippen LogP) is 5.71. The lowest BCUT2D eigenvalue weighted by Crippen LogP contribution is -2.10. The Kier molecular flexibility index (Phi) is 8.19. The number of halogens is 1. The molecule has 0 radical (unpaired) electrons. The number of nitrogens with zero attached hydrogens (tertiary/aromatic N) is 5. The van der Waals surface area contributed by atoms with Crippen molar-refractivity contribution >= 4 is 5.97 Å². The van der Waals surface area contributed by atoms with Gasteiger partial charge in [0.05, 0.1) is 34.9 Å². The van der Waals surface area contributed by atoms with Gasteiger partial charge in [-0.3, -0.25) is 0 Å². The van der Waals surface area contributed by atoms with E-state index in [2.05, 4.69) is 5.10 Å². The summed E-state index contributed by atoms with van der Waals surface area (Å²) < 4.78 is 34.0. The molecule has 0 aliphatic heterocycles. The number of aliphatic carboxylic acids is 1. The van der Waals surface area contributed by atoms with Crippen LogP contribution >= 0.6 is 0 Å². The number of carboxylic acids is 1. The summed E-state index contributed by atoms with van der Waals surface area (Å²) in [6, 6.07) is 18.8. The molecule has 216 valence electrons. The maximum atomic E-state index is 13.5. The van der Waals surface area contributed by atoms with E-state index in [-0.39, 0.29) is 18.5 Å². The molecule has 10 nitrogen and oxygen atoms in total. The summed E-state index contributed by atoms with van der Waals surface area (Å²) >= 11 is 0. The molecule has 0 saturated heterocycles. The maximum absolute atomic E-state index is 13.5. The van der Waals surface area contributed by atoms with Gasteiger partial charge in [0.2, 0.25) is 0 Å². The third-order valence-electron chi connectivity index (χ3n) is 6.29. The van der Waals surface area contributed by atoms with Crippen molar-refractivity contribution in [2.24, 2.45) is 0 Å². The number of aromatic nitrogens is 5. The Labute approximate surface area is 241 Å². The quantitative estimate of drug-likeness (QED) is 0.215. The minimum absolute atomic E-state index is 0.0444. The number of rotatable bonds is 11. The lowest BCUT2D eigenvalue weighted by molar-refractivity contribution is -0.139. The molecule has 3 aromatic carbocycles. The number of carboxylic acid groups (broad SMARTS) is 1. The van der Waals surface area contributed by atoms with Crippen LogP contribution in [0.15, 0.2) is 72.9 Å². The Bertz CT molecular complexity index is 1690. The summed E-state index contributed by atoms with van der Waals surface area (Å²) in [5.41, 5.74) is 3.77. The number of hydrogen-bond donors (Lipinski definition) is 1. The summed E-state index contributed by atoms with van der Waals surface area (Å²) in [5.74, 6) is 1.39. The van der Waals surface area contributed by atoms with Gasteiger partial charge in [-0.25, -0.2) is 23.5 Å². The average Bonchev–Trinajstić information content (AvgIpc) is 3.55. The third kappa shape index (κ3) is 6.41. The molecule has 0 unspecified atom stereocenters. The molecule has 2 aromatic heterocycles. The van der Waals surface area contributed by atoms with Gasteiger partial charge in [0.25, 0.3) is 0 Å². The summed E-state index contributed by atoms with van der Waals surface area (Å²) in [5, 5.41) is 18.1. The Balaban J connectivity index is 1.45. The van der Waals surface area contributed by atoms with Gasteiger partial charge in [0, 0.05) is 0 Å². The molecule has 5 aromatic rings. The Morgan fingerprint density at radius 3 is 2.26 bits per heavy atom. The van der Waals surface area contributed by atoms with E-state index in [1.807, 2.05) is 52.0 Å². The van der Waals surface area contributed by atoms with Gasteiger partial charge >= 0.3 is 5.97 Å². The first-order chi connectivity index (χ1) is 20.2. The minimum atomic E-state index is -1.05. The van der Waals surface area contributed by atoms with Gasteiger partial charge in [-0.05, 0) is 100.0 Å². The molecule has 0 aliphatic carbocycles. The first-order valence-corrected chi connectivity index (χ1v) is 13.3. The summed E-state index contributed by atoms with van der Waals surface area (Å²) in [6.07, 6.45) is 1.75. The van der Waals surface area contributed by atoms with Crippen LogP contribution in [0.4, 0.5) is 4.39 Å². The molecule has 1 N–H and O–H groups in total. The summed E-state index contributed by atoms with van der Waals surface area (Å²) in [6.45, 7) is 7.31. The smallest absolute Gasteiger partial charge is 0.341 e. The zero-order chi connectivity index (χ0) is 29.8. The number of aryl methyl sites for hydroxylation is 1. The van der Waals surface area contributed by atoms with Crippen LogP contribution in [0.2, 0.25) is 0 Å². The fraction of sp³-hybridized carbons (Fsp3) is 0.226. The normalized spacial score (nSPS) is 11.1. The van der Waals surface area contributed by atoms with E-state index in [9.17, 15) is 9.18 Å². The highest BCUT2D eigenvalue weighted by atomic mass is 19.1. The van der Waals surface area contributed by atoms with Crippen LogP contribution in [0.1, 0.15) is 30.9 Å². The van der Waals surface area contributed by atoms with E-state index >= 15 is 0 Å². The SMILES string of the molecule is Cc1cc(OCc2nc(-c3cnn(-c4ccc(F)cc4)c3C)n(-c3ccc(OC(C)C)cc3)n2)ccc1OCC(=O)O. The topological polar surface area (TPSA) is 114 Å². The standard InChI is InChI=1S/C31H30FN5O5/c1-19(2)42-25-11-9-24(10-12-25)37-31(27-16-33-36(21(27)4)23-7-5-22(32)6-8-23)34-29(35-37)17-40-26-13-14-28(20(3)15-26)41-18-30(38)39/h5-16,19H,17-18H2,1-4H3,(H,38,39). The highest BCUT2D eigenvalue weighted by Crippen LogP contribution is 2.28. The van der Waals surface area contributed by atoms with Crippen LogP contribution in [0.5, 0.6) is 17.2 Å². The molecule has 42 heavy (non-hydrogen) atoms. The molecule has 5 rings (SSSR count). The Hall–Kier alpha value is -5.19. The Morgan fingerprint density at radius 1 is 0.929 bits per heavy atom. The summed E-state index contributed by atoms with van der Waals surface area (Å²) in [4.78, 5) is 15.6. The van der Waals surface area contributed by atoms with E-state index < -0.39 is 12.6 Å². The van der Waals surface area contributed by atoms with Crippen LogP contribution in [0.25, 0.3) is 22.8 Å². The molecule has 0 spiro atoms. The van der Waals surface area contributed by atoms with Gasteiger partial charge in [0.15, 0.2) is 18.3 Å². The zero-order valence-electron chi connectivity index (χ0n) is 23.6. The fourth-order valence-corrected chi connectivity index (χ4v) is 4.34. The van der Waals surface area contributed by atoms with Crippen molar-refractivity contribution in [3.8, 4) is 40.0 Å². The van der Waals surface area contributed by atoms with Crippen molar-refractivity contribution in [1.29, 1.82) is 0 Å². The molecule has 11 heteroatoms. The van der Waals surface area contributed by atoms with Crippen molar-refractivity contribution < 1.29 is 28.5 Å². The van der Waals surface area contributed by atoms with Gasteiger partial charge in [-0.15, -0.1) is 5.10 Å². The van der Waals surface area contributed by atoms with E-state index in [1.165, 1.54) is 12.1 Å². The largest absolute Gasteiger partial charge is 0.491 e. The van der Waals surface area contributed by atoms with E-state index in [0.29, 0.717) is 23.1 Å². The number of ether oxygens (including phenoxy) is 3. The number of hydrogen-bond acceptors (Lipinski definition) is 7. The lowest BCUT2D eigenvalue weighted by Gasteiger charge is -2.11. The van der Waals surface area contributed by atoms with Gasteiger partial charge < -0.3 is 19.3 Å². The van der Waals surface area contributed by atoms with Gasteiger partial charge in [-0.2, -0.15) is 5.10 Å². The van der Waals surface area contributed by atoms with E-state index in [0.717, 1.165) is 33.9 Å². The van der Waals surface area contributed by atoms with Crippen molar-refractivity contribution in [3.05, 3.63) is 95.8 Å². The van der Waals surface area contributed by atoms with Crippen molar-refractivity contribution in [1.82, 2.24) is 24.5 Å². The summed E-state index contributed by atoms with van der Waals surface area (Å²) in [7, 11) is 0. The molecule has 0 fully saturated rings.